The summed E-state index contributed by atoms with van der Waals surface area (Å²) < 4.78 is 20.6. The molecule has 148 valence electrons. The number of piperidine rings is 1. The molecule has 1 aliphatic rings. The number of hydrogen-bond donors (Lipinski definition) is 1. The molecule has 0 aliphatic carbocycles. The first-order chi connectivity index (χ1) is 14.2. The Hall–Kier alpha value is -3.33. The van der Waals surface area contributed by atoms with Crippen LogP contribution in [0.4, 0.5) is 10.2 Å². The average Bonchev–Trinajstić information content (AvgIpc) is 3.41. The summed E-state index contributed by atoms with van der Waals surface area (Å²) in [5, 5.41) is 26.9. The second-order valence-electron chi connectivity index (χ2n) is 7.17. The molecule has 0 bridgehead atoms. The van der Waals surface area contributed by atoms with Gasteiger partial charge >= 0.3 is 0 Å². The number of fused-ring (bicyclic) bond motifs is 1. The lowest BCUT2D eigenvalue weighted by atomic mass is 9.91. The van der Waals surface area contributed by atoms with Gasteiger partial charge in [0.1, 0.15) is 5.82 Å². The molecule has 4 heterocycles. The number of anilines is 1. The molecule has 0 saturated carbocycles. The van der Waals surface area contributed by atoms with E-state index in [0.29, 0.717) is 11.4 Å². The summed E-state index contributed by atoms with van der Waals surface area (Å²) in [6.45, 7) is 1.55. The van der Waals surface area contributed by atoms with E-state index in [0.717, 1.165) is 48.4 Å². The highest BCUT2D eigenvalue weighted by Crippen LogP contribution is 2.33. The number of halogens is 1. The van der Waals surface area contributed by atoms with Crippen LogP contribution in [0.15, 0.2) is 47.2 Å². The van der Waals surface area contributed by atoms with Crippen LogP contribution in [0.3, 0.4) is 0 Å². The highest BCUT2D eigenvalue weighted by molar-refractivity contribution is 5.80. The van der Waals surface area contributed by atoms with Gasteiger partial charge in [0, 0.05) is 36.2 Å². The van der Waals surface area contributed by atoms with Crippen LogP contribution in [0.25, 0.3) is 16.8 Å². The van der Waals surface area contributed by atoms with E-state index in [1.54, 1.807) is 23.1 Å². The van der Waals surface area contributed by atoms with E-state index in [9.17, 15) is 4.39 Å². The minimum atomic E-state index is -0.280. The van der Waals surface area contributed by atoms with E-state index >= 15 is 0 Å². The zero-order chi connectivity index (χ0) is 19.8. The number of benzene rings is 1. The topological polar surface area (TPSA) is 93.1 Å². The summed E-state index contributed by atoms with van der Waals surface area (Å²) in [6.07, 6.45) is 5.07. The van der Waals surface area contributed by atoms with Crippen LogP contribution in [0.1, 0.15) is 30.0 Å². The first kappa shape index (κ1) is 17.7. The fourth-order valence-corrected chi connectivity index (χ4v) is 3.78. The summed E-state index contributed by atoms with van der Waals surface area (Å²) in [5.74, 6) is 1.35. The van der Waals surface area contributed by atoms with Crippen LogP contribution < -0.4 is 4.90 Å². The molecule has 0 radical (unpaired) electrons. The zero-order valence-corrected chi connectivity index (χ0v) is 15.6. The monoisotopic (exact) mass is 394 g/mol. The van der Waals surface area contributed by atoms with E-state index < -0.39 is 0 Å². The highest BCUT2D eigenvalue weighted by atomic mass is 19.1. The van der Waals surface area contributed by atoms with Gasteiger partial charge in [0.15, 0.2) is 17.2 Å². The van der Waals surface area contributed by atoms with Gasteiger partial charge in [-0.15, -0.1) is 10.2 Å². The molecular formula is C20H19FN6O2. The summed E-state index contributed by atoms with van der Waals surface area (Å²) in [6, 6.07) is 8.28. The van der Waals surface area contributed by atoms with Crippen molar-refractivity contribution in [3.05, 3.63) is 59.8 Å². The molecule has 0 amide bonds. The molecular weight excluding hydrogens is 375 g/mol. The molecule has 4 aromatic rings. The van der Waals surface area contributed by atoms with Crippen molar-refractivity contribution in [2.75, 3.05) is 18.0 Å². The molecule has 0 spiro atoms. The van der Waals surface area contributed by atoms with Gasteiger partial charge in [-0.2, -0.15) is 5.10 Å². The van der Waals surface area contributed by atoms with E-state index in [1.165, 1.54) is 12.1 Å². The second kappa shape index (κ2) is 7.25. The Balaban J connectivity index is 1.28. The SMILES string of the molecule is OCc1cnn(-c2ccc(N3CCC(c4noc5ccc(F)cc45)CC3)nn2)c1. The summed E-state index contributed by atoms with van der Waals surface area (Å²) in [4.78, 5) is 2.18. The Morgan fingerprint density at radius 2 is 1.90 bits per heavy atom. The Labute approximate surface area is 165 Å². The molecule has 3 aromatic heterocycles. The molecule has 1 fully saturated rings. The number of aromatic nitrogens is 5. The minimum absolute atomic E-state index is 0.0616. The van der Waals surface area contributed by atoms with Gasteiger partial charge in [-0.1, -0.05) is 5.16 Å². The van der Waals surface area contributed by atoms with E-state index in [2.05, 4.69) is 25.4 Å². The van der Waals surface area contributed by atoms with E-state index in [1.807, 2.05) is 12.1 Å². The van der Waals surface area contributed by atoms with Gasteiger partial charge < -0.3 is 14.5 Å². The van der Waals surface area contributed by atoms with E-state index in [-0.39, 0.29) is 18.3 Å². The van der Waals surface area contributed by atoms with Crippen molar-refractivity contribution in [1.82, 2.24) is 25.1 Å². The third-order valence-corrected chi connectivity index (χ3v) is 5.36. The molecule has 1 N–H and O–H groups in total. The standard InChI is InChI=1S/C20H19FN6O2/c21-15-1-2-17-16(9-15)20(25-29-17)14-5-7-26(8-6-14)18-3-4-19(24-23-18)27-11-13(12-28)10-22-27/h1-4,9-11,14,28H,5-8,12H2. The highest BCUT2D eigenvalue weighted by Gasteiger charge is 2.26. The third-order valence-electron chi connectivity index (χ3n) is 5.36. The molecule has 1 aromatic carbocycles. The molecule has 9 heteroatoms. The average molecular weight is 394 g/mol. The molecule has 5 rings (SSSR count). The zero-order valence-electron chi connectivity index (χ0n) is 15.6. The van der Waals surface area contributed by atoms with E-state index in [4.69, 9.17) is 9.63 Å². The fourth-order valence-electron chi connectivity index (χ4n) is 3.78. The predicted octanol–water partition coefficient (Wildman–Crippen LogP) is 2.82. The molecule has 29 heavy (non-hydrogen) atoms. The number of aliphatic hydroxyl groups is 1. The summed E-state index contributed by atoms with van der Waals surface area (Å²) in [7, 11) is 0. The van der Waals surface area contributed by atoms with Gasteiger partial charge in [0.05, 0.1) is 18.5 Å². The van der Waals surface area contributed by atoms with Gasteiger partial charge in [-0.25, -0.2) is 9.07 Å². The first-order valence-electron chi connectivity index (χ1n) is 9.49. The van der Waals surface area contributed by atoms with Crippen molar-refractivity contribution in [1.29, 1.82) is 0 Å². The second-order valence-corrected chi connectivity index (χ2v) is 7.17. The maximum absolute atomic E-state index is 13.6. The lowest BCUT2D eigenvalue weighted by Gasteiger charge is -2.31. The normalized spacial score (nSPS) is 15.3. The molecule has 1 saturated heterocycles. The van der Waals surface area contributed by atoms with Crippen LogP contribution in [-0.4, -0.2) is 43.3 Å². The van der Waals surface area contributed by atoms with Crippen LogP contribution in [-0.2, 0) is 6.61 Å². The lowest BCUT2D eigenvalue weighted by molar-refractivity contribution is 0.282. The van der Waals surface area contributed by atoms with Gasteiger partial charge in [-0.05, 0) is 43.2 Å². The van der Waals surface area contributed by atoms with Crippen molar-refractivity contribution in [3.8, 4) is 5.82 Å². The van der Waals surface area contributed by atoms with Gasteiger partial charge in [-0.3, -0.25) is 0 Å². The predicted molar refractivity (Wildman–Crippen MR) is 103 cm³/mol. The van der Waals surface area contributed by atoms with Crippen LogP contribution >= 0.6 is 0 Å². The van der Waals surface area contributed by atoms with Crippen LogP contribution in [0.5, 0.6) is 0 Å². The molecule has 1 aliphatic heterocycles. The maximum atomic E-state index is 13.6. The number of nitrogens with zero attached hydrogens (tertiary/aromatic N) is 6. The summed E-state index contributed by atoms with van der Waals surface area (Å²) in [5.41, 5.74) is 2.17. The Morgan fingerprint density at radius 3 is 2.62 bits per heavy atom. The minimum Gasteiger partial charge on any atom is -0.392 e. The summed E-state index contributed by atoms with van der Waals surface area (Å²) >= 11 is 0. The third kappa shape index (κ3) is 3.33. The van der Waals surface area contributed by atoms with Crippen molar-refractivity contribution in [2.24, 2.45) is 0 Å². The Morgan fingerprint density at radius 1 is 1.10 bits per heavy atom. The van der Waals surface area contributed by atoms with Crippen molar-refractivity contribution in [2.45, 2.75) is 25.4 Å². The Kier molecular flexibility index (Phi) is 4.44. The maximum Gasteiger partial charge on any atom is 0.175 e. The first-order valence-corrected chi connectivity index (χ1v) is 9.49. The number of hydrogen-bond acceptors (Lipinski definition) is 7. The fraction of sp³-hybridized carbons (Fsp3) is 0.300. The molecule has 0 unspecified atom stereocenters. The van der Waals surface area contributed by atoms with Crippen molar-refractivity contribution in [3.63, 3.8) is 0 Å². The van der Waals surface area contributed by atoms with Crippen molar-refractivity contribution >= 4 is 16.8 Å². The quantitative estimate of drug-likeness (QED) is 0.569. The molecule has 8 nitrogen and oxygen atoms in total. The van der Waals surface area contributed by atoms with Crippen LogP contribution in [0.2, 0.25) is 0 Å². The largest absolute Gasteiger partial charge is 0.392 e. The smallest absolute Gasteiger partial charge is 0.175 e. The number of rotatable bonds is 4. The molecule has 0 atom stereocenters. The van der Waals surface area contributed by atoms with Gasteiger partial charge in [0.25, 0.3) is 0 Å². The Bertz CT molecular complexity index is 1130. The lowest BCUT2D eigenvalue weighted by Crippen LogP contribution is -2.33. The van der Waals surface area contributed by atoms with Crippen molar-refractivity contribution < 1.29 is 14.0 Å². The van der Waals surface area contributed by atoms with Crippen LogP contribution in [0, 0.1) is 5.82 Å². The number of aliphatic hydroxyl groups excluding tert-OH is 1. The van der Waals surface area contributed by atoms with Gasteiger partial charge in [0.2, 0.25) is 0 Å².